The lowest BCUT2D eigenvalue weighted by atomic mass is 9.95. The van der Waals surface area contributed by atoms with Crippen molar-refractivity contribution in [3.63, 3.8) is 0 Å². The van der Waals surface area contributed by atoms with Gasteiger partial charge in [0.15, 0.2) is 11.6 Å². The molecular formula is C21H22N6O2. The van der Waals surface area contributed by atoms with Gasteiger partial charge in [0.2, 0.25) is 5.91 Å². The van der Waals surface area contributed by atoms with Crippen LogP contribution in [0, 0.1) is 6.92 Å². The fourth-order valence-electron chi connectivity index (χ4n) is 3.74. The summed E-state index contributed by atoms with van der Waals surface area (Å²) in [4.78, 5) is 42.8. The predicted molar refractivity (Wildman–Crippen MR) is 109 cm³/mol. The first-order valence-corrected chi connectivity index (χ1v) is 9.57. The molecule has 3 heterocycles. The zero-order valence-electron chi connectivity index (χ0n) is 16.2. The van der Waals surface area contributed by atoms with Crippen LogP contribution in [-0.4, -0.2) is 32.4 Å². The molecule has 8 heteroatoms. The molecule has 0 saturated carbocycles. The summed E-state index contributed by atoms with van der Waals surface area (Å²) in [6.07, 6.45) is 4.92. The lowest BCUT2D eigenvalue weighted by molar-refractivity contribution is -0.118. The number of aromatic amines is 1. The maximum atomic E-state index is 13.1. The molecule has 2 aromatic heterocycles. The number of anilines is 1. The van der Waals surface area contributed by atoms with Gasteiger partial charge in [0.05, 0.1) is 6.42 Å². The molecule has 29 heavy (non-hydrogen) atoms. The van der Waals surface area contributed by atoms with Crippen molar-refractivity contribution in [3.8, 4) is 11.6 Å². The van der Waals surface area contributed by atoms with E-state index >= 15 is 0 Å². The molecule has 0 radical (unpaired) electrons. The van der Waals surface area contributed by atoms with Crippen LogP contribution in [0.5, 0.6) is 0 Å². The third kappa shape index (κ3) is 3.66. The molecule has 1 aliphatic heterocycles. The van der Waals surface area contributed by atoms with Crippen molar-refractivity contribution in [2.45, 2.75) is 32.7 Å². The Hall–Kier alpha value is -3.39. The molecule has 8 nitrogen and oxygen atoms in total. The van der Waals surface area contributed by atoms with Gasteiger partial charge in [0.1, 0.15) is 0 Å². The largest absolute Gasteiger partial charge is 0.326 e. The highest BCUT2D eigenvalue weighted by molar-refractivity contribution is 5.96. The summed E-state index contributed by atoms with van der Waals surface area (Å²) in [6, 6.07) is 7.54. The van der Waals surface area contributed by atoms with Crippen LogP contribution in [0.2, 0.25) is 0 Å². The zero-order valence-corrected chi connectivity index (χ0v) is 16.2. The fourth-order valence-corrected chi connectivity index (χ4v) is 3.74. The van der Waals surface area contributed by atoms with E-state index in [9.17, 15) is 9.59 Å². The first-order chi connectivity index (χ1) is 14.1. The number of nitrogens with two attached hydrogens (primary N) is 1. The van der Waals surface area contributed by atoms with Gasteiger partial charge in [-0.3, -0.25) is 9.59 Å². The molecule has 1 aromatic carbocycles. The molecule has 4 rings (SSSR count). The lowest BCUT2D eigenvalue weighted by Crippen LogP contribution is -2.38. The number of aromatic nitrogens is 4. The van der Waals surface area contributed by atoms with Crippen LogP contribution in [0.15, 0.2) is 41.5 Å². The number of amides is 1. The Kier molecular flexibility index (Phi) is 5.18. The molecule has 0 atom stereocenters. The molecule has 148 valence electrons. The summed E-state index contributed by atoms with van der Waals surface area (Å²) in [5.41, 5.74) is 9.43. The second-order valence-corrected chi connectivity index (χ2v) is 7.00. The number of carbonyl (C=O) groups excluding carboxylic acids is 1. The normalized spacial score (nSPS) is 13.2. The van der Waals surface area contributed by atoms with Gasteiger partial charge in [-0.05, 0) is 43.0 Å². The van der Waals surface area contributed by atoms with E-state index in [0.29, 0.717) is 36.0 Å². The summed E-state index contributed by atoms with van der Waals surface area (Å²) in [7, 11) is 0. The second kappa shape index (κ2) is 7.92. The Morgan fingerprint density at radius 3 is 2.76 bits per heavy atom. The third-order valence-corrected chi connectivity index (χ3v) is 5.20. The Morgan fingerprint density at radius 1 is 1.24 bits per heavy atom. The molecule has 0 saturated heterocycles. The van der Waals surface area contributed by atoms with Gasteiger partial charge in [-0.2, -0.15) is 0 Å². The van der Waals surface area contributed by atoms with Crippen LogP contribution >= 0.6 is 0 Å². The van der Waals surface area contributed by atoms with Crippen molar-refractivity contribution < 1.29 is 4.79 Å². The van der Waals surface area contributed by atoms with Gasteiger partial charge in [-0.1, -0.05) is 12.1 Å². The average Bonchev–Trinajstić information content (AvgIpc) is 2.75. The van der Waals surface area contributed by atoms with Crippen LogP contribution in [-0.2, 0) is 24.2 Å². The van der Waals surface area contributed by atoms with Gasteiger partial charge in [0.25, 0.3) is 5.56 Å². The lowest BCUT2D eigenvalue weighted by Gasteiger charge is -2.31. The SMILES string of the molecule is Cc1nc(-c2ncccn2)[nH]c(=O)c1CC(=O)N1CCCc2c(CN)cccc21. The van der Waals surface area contributed by atoms with Gasteiger partial charge in [-0.25, -0.2) is 15.0 Å². The van der Waals surface area contributed by atoms with E-state index in [1.54, 1.807) is 30.3 Å². The van der Waals surface area contributed by atoms with E-state index in [0.717, 1.165) is 29.7 Å². The van der Waals surface area contributed by atoms with E-state index in [1.807, 2.05) is 18.2 Å². The molecule has 0 bridgehead atoms. The van der Waals surface area contributed by atoms with Crippen molar-refractivity contribution >= 4 is 11.6 Å². The molecule has 0 fully saturated rings. The van der Waals surface area contributed by atoms with Gasteiger partial charge >= 0.3 is 0 Å². The molecule has 1 aliphatic rings. The maximum Gasteiger partial charge on any atom is 0.255 e. The number of fused-ring (bicyclic) bond motifs is 1. The maximum absolute atomic E-state index is 13.1. The van der Waals surface area contributed by atoms with Crippen LogP contribution < -0.4 is 16.2 Å². The van der Waals surface area contributed by atoms with Gasteiger partial charge < -0.3 is 15.6 Å². The molecule has 3 N–H and O–H groups in total. The second-order valence-electron chi connectivity index (χ2n) is 7.00. The summed E-state index contributed by atoms with van der Waals surface area (Å²) in [6.45, 7) is 2.79. The Bertz CT molecular complexity index is 1110. The Balaban J connectivity index is 1.63. The topological polar surface area (TPSA) is 118 Å². The minimum absolute atomic E-state index is 0.0175. The number of H-pyrrole nitrogens is 1. The zero-order chi connectivity index (χ0) is 20.4. The molecule has 1 amide bonds. The molecule has 0 aliphatic carbocycles. The van der Waals surface area contributed by atoms with Gasteiger partial charge in [-0.15, -0.1) is 0 Å². The summed E-state index contributed by atoms with van der Waals surface area (Å²) in [5, 5.41) is 0. The first-order valence-electron chi connectivity index (χ1n) is 9.57. The smallest absolute Gasteiger partial charge is 0.255 e. The van der Waals surface area contributed by atoms with E-state index in [4.69, 9.17) is 5.73 Å². The van der Waals surface area contributed by atoms with Crippen molar-refractivity contribution in [1.82, 2.24) is 19.9 Å². The van der Waals surface area contributed by atoms with Crippen LogP contribution in [0.4, 0.5) is 5.69 Å². The molecular weight excluding hydrogens is 368 g/mol. The highest BCUT2D eigenvalue weighted by Crippen LogP contribution is 2.30. The molecule has 0 spiro atoms. The minimum atomic E-state index is -0.346. The number of nitrogens with zero attached hydrogens (tertiary/aromatic N) is 4. The monoisotopic (exact) mass is 390 g/mol. The molecule has 3 aromatic rings. The highest BCUT2D eigenvalue weighted by Gasteiger charge is 2.25. The van der Waals surface area contributed by atoms with Crippen molar-refractivity contribution in [1.29, 1.82) is 0 Å². The first kappa shape index (κ1) is 18.9. The Labute approximate surface area is 167 Å². The number of hydrogen-bond acceptors (Lipinski definition) is 6. The quantitative estimate of drug-likeness (QED) is 0.697. The average molecular weight is 390 g/mol. The Morgan fingerprint density at radius 2 is 2.03 bits per heavy atom. The van der Waals surface area contributed by atoms with Crippen molar-refractivity contribution in [2.24, 2.45) is 5.73 Å². The number of benzene rings is 1. The fraction of sp³-hybridized carbons (Fsp3) is 0.286. The van der Waals surface area contributed by atoms with Crippen molar-refractivity contribution in [2.75, 3.05) is 11.4 Å². The van der Waals surface area contributed by atoms with Crippen LogP contribution in [0.1, 0.15) is 28.8 Å². The summed E-state index contributed by atoms with van der Waals surface area (Å²) < 4.78 is 0. The van der Waals surface area contributed by atoms with E-state index in [1.165, 1.54) is 0 Å². The number of rotatable bonds is 4. The van der Waals surface area contributed by atoms with E-state index in [2.05, 4.69) is 19.9 Å². The number of carbonyl (C=O) groups is 1. The third-order valence-electron chi connectivity index (χ3n) is 5.20. The molecule has 0 unspecified atom stereocenters. The number of hydrogen-bond donors (Lipinski definition) is 2. The van der Waals surface area contributed by atoms with Crippen molar-refractivity contribution in [3.05, 3.63) is 69.4 Å². The highest BCUT2D eigenvalue weighted by atomic mass is 16.2. The van der Waals surface area contributed by atoms with Crippen LogP contribution in [0.3, 0.4) is 0 Å². The number of aryl methyl sites for hydroxylation is 1. The summed E-state index contributed by atoms with van der Waals surface area (Å²) >= 11 is 0. The minimum Gasteiger partial charge on any atom is -0.326 e. The van der Waals surface area contributed by atoms with E-state index < -0.39 is 0 Å². The summed E-state index contributed by atoms with van der Waals surface area (Å²) in [5.74, 6) is 0.504. The predicted octanol–water partition coefficient (Wildman–Crippen LogP) is 1.52. The number of nitrogens with one attached hydrogen (secondary N) is 1. The standard InChI is InChI=1S/C21H22N6O2/c1-13-16(21(29)26-20(25-13)19-23-8-4-9-24-19)11-18(28)27-10-3-6-15-14(12-22)5-2-7-17(15)27/h2,4-5,7-9H,3,6,10-12,22H2,1H3,(H,25,26,29). The van der Waals surface area contributed by atoms with Gasteiger partial charge in [0, 0.05) is 42.4 Å². The van der Waals surface area contributed by atoms with Crippen LogP contribution in [0.25, 0.3) is 11.6 Å². The van der Waals surface area contributed by atoms with E-state index in [-0.39, 0.29) is 17.9 Å².